The van der Waals surface area contributed by atoms with Crippen LogP contribution in [-0.4, -0.2) is 42.4 Å². The van der Waals surface area contributed by atoms with Crippen LogP contribution in [0.1, 0.15) is 29.0 Å². The maximum Gasteiger partial charge on any atom is 0.133 e. The van der Waals surface area contributed by atoms with Crippen LogP contribution in [-0.2, 0) is 10.3 Å². The molecule has 2 fully saturated rings. The molecule has 1 unspecified atom stereocenters. The van der Waals surface area contributed by atoms with E-state index in [-0.39, 0.29) is 0 Å². The van der Waals surface area contributed by atoms with E-state index >= 15 is 0 Å². The molecule has 23 heavy (non-hydrogen) atoms. The number of hydrogen-bond donors (Lipinski definition) is 1. The molecule has 124 valence electrons. The fourth-order valence-corrected chi connectivity index (χ4v) is 5.91. The highest BCUT2D eigenvalue weighted by Gasteiger charge is 2.42. The number of rotatable bonds is 4. The van der Waals surface area contributed by atoms with E-state index in [4.69, 9.17) is 4.74 Å². The van der Waals surface area contributed by atoms with Crippen molar-refractivity contribution >= 4 is 22.7 Å². The fourth-order valence-electron chi connectivity index (χ4n) is 4.14. The molecule has 0 aromatic carbocycles. The normalized spacial score (nSPS) is 28.9. The molecular formula is C18H23NO2S2. The van der Waals surface area contributed by atoms with Gasteiger partial charge in [0.25, 0.3) is 0 Å². The molecule has 3 atom stereocenters. The van der Waals surface area contributed by atoms with Crippen LogP contribution >= 0.6 is 22.7 Å². The summed E-state index contributed by atoms with van der Waals surface area (Å²) in [5, 5.41) is 15.7. The predicted octanol–water partition coefficient (Wildman–Crippen LogP) is 3.54. The van der Waals surface area contributed by atoms with Gasteiger partial charge in [-0.15, -0.1) is 22.7 Å². The number of fused-ring (bicyclic) bond motifs is 2. The number of likely N-dealkylation sites (N-methyl/N-ethyl adjacent to an activating group) is 1. The smallest absolute Gasteiger partial charge is 0.133 e. The third-order valence-electron chi connectivity index (χ3n) is 5.42. The van der Waals surface area contributed by atoms with Crippen molar-refractivity contribution in [2.45, 2.75) is 36.9 Å². The highest BCUT2D eigenvalue weighted by molar-refractivity contribution is 7.11. The number of hydrogen-bond acceptors (Lipinski definition) is 5. The third kappa shape index (κ3) is 2.89. The molecule has 4 rings (SSSR count). The minimum absolute atomic E-state index is 0.503. The molecule has 3 nitrogen and oxygen atoms in total. The SMILES string of the molecule is CN1[C@@H]2COC[C@H]1CC(CC(O)(c1cccs1)c1cccs1)C2. The molecule has 4 heterocycles. The number of nitrogens with zero attached hydrogens (tertiary/aromatic N) is 1. The van der Waals surface area contributed by atoms with Crippen LogP contribution in [0.4, 0.5) is 0 Å². The molecular weight excluding hydrogens is 326 g/mol. The average molecular weight is 350 g/mol. The highest BCUT2D eigenvalue weighted by Crippen LogP contribution is 2.44. The Kier molecular flexibility index (Phi) is 4.32. The number of aliphatic hydroxyl groups is 1. The van der Waals surface area contributed by atoms with Crippen molar-refractivity contribution < 1.29 is 9.84 Å². The lowest BCUT2D eigenvalue weighted by atomic mass is 9.77. The Labute approximate surface area is 145 Å². The molecule has 2 aliphatic heterocycles. The average Bonchev–Trinajstić information content (AvgIpc) is 3.22. The maximum absolute atomic E-state index is 11.6. The molecule has 0 spiro atoms. The van der Waals surface area contributed by atoms with E-state index in [1.54, 1.807) is 22.7 Å². The van der Waals surface area contributed by atoms with Gasteiger partial charge in [-0.05, 0) is 55.1 Å². The van der Waals surface area contributed by atoms with Crippen molar-refractivity contribution in [1.29, 1.82) is 0 Å². The molecule has 2 aromatic heterocycles. The summed E-state index contributed by atoms with van der Waals surface area (Å²) in [4.78, 5) is 4.62. The Bertz CT molecular complexity index is 577. The summed E-state index contributed by atoms with van der Waals surface area (Å²) in [5.41, 5.74) is -0.835. The van der Waals surface area contributed by atoms with Gasteiger partial charge in [-0.2, -0.15) is 0 Å². The number of thiophene rings is 2. The Balaban J connectivity index is 1.59. The van der Waals surface area contributed by atoms with E-state index in [1.807, 2.05) is 12.1 Å². The van der Waals surface area contributed by atoms with Gasteiger partial charge in [-0.25, -0.2) is 0 Å². The third-order valence-corrected chi connectivity index (χ3v) is 7.47. The van der Waals surface area contributed by atoms with Crippen LogP contribution < -0.4 is 0 Å². The maximum atomic E-state index is 11.6. The zero-order valence-electron chi connectivity index (χ0n) is 13.4. The highest BCUT2D eigenvalue weighted by atomic mass is 32.1. The zero-order chi connectivity index (χ0) is 15.9. The molecule has 2 aromatic rings. The second-order valence-corrected chi connectivity index (χ2v) is 8.76. The Morgan fingerprint density at radius 1 is 1.13 bits per heavy atom. The summed E-state index contributed by atoms with van der Waals surface area (Å²) >= 11 is 3.32. The molecule has 1 N–H and O–H groups in total. The first-order chi connectivity index (χ1) is 11.2. The lowest BCUT2D eigenvalue weighted by Crippen LogP contribution is -2.55. The van der Waals surface area contributed by atoms with Gasteiger partial charge in [0, 0.05) is 21.8 Å². The van der Waals surface area contributed by atoms with Crippen LogP contribution in [0.25, 0.3) is 0 Å². The Hall–Kier alpha value is -0.720. The summed E-state index contributed by atoms with van der Waals surface area (Å²) < 4.78 is 5.73. The van der Waals surface area contributed by atoms with Crippen molar-refractivity contribution in [3.8, 4) is 0 Å². The van der Waals surface area contributed by atoms with Crippen molar-refractivity contribution in [2.75, 3.05) is 20.3 Å². The van der Waals surface area contributed by atoms with Crippen molar-refractivity contribution in [3.63, 3.8) is 0 Å². The van der Waals surface area contributed by atoms with E-state index in [9.17, 15) is 5.11 Å². The summed E-state index contributed by atoms with van der Waals surface area (Å²) in [7, 11) is 2.22. The van der Waals surface area contributed by atoms with E-state index in [2.05, 4.69) is 34.8 Å². The first-order valence-electron chi connectivity index (χ1n) is 8.27. The summed E-state index contributed by atoms with van der Waals surface area (Å²) in [6, 6.07) is 9.23. The van der Waals surface area contributed by atoms with E-state index in [0.29, 0.717) is 18.0 Å². The van der Waals surface area contributed by atoms with E-state index in [1.165, 1.54) is 0 Å². The van der Waals surface area contributed by atoms with Gasteiger partial charge in [0.2, 0.25) is 0 Å². The largest absolute Gasteiger partial charge is 0.379 e. The van der Waals surface area contributed by atoms with Gasteiger partial charge in [-0.1, -0.05) is 12.1 Å². The lowest BCUT2D eigenvalue weighted by Gasteiger charge is -2.48. The van der Waals surface area contributed by atoms with Gasteiger partial charge in [-0.3, -0.25) is 4.90 Å². The lowest BCUT2D eigenvalue weighted by molar-refractivity contribution is -0.0841. The fraction of sp³-hybridized carbons (Fsp3) is 0.556. The second-order valence-electron chi connectivity index (χ2n) is 6.87. The predicted molar refractivity (Wildman–Crippen MR) is 95.1 cm³/mol. The van der Waals surface area contributed by atoms with Crippen LogP contribution in [0.5, 0.6) is 0 Å². The summed E-state index contributed by atoms with van der Waals surface area (Å²) in [6.45, 7) is 1.67. The second kappa shape index (κ2) is 6.30. The van der Waals surface area contributed by atoms with Crippen molar-refractivity contribution in [1.82, 2.24) is 4.90 Å². The van der Waals surface area contributed by atoms with Crippen LogP contribution in [0.15, 0.2) is 35.0 Å². The molecule has 2 bridgehead atoms. The molecule has 0 aliphatic carbocycles. The summed E-state index contributed by atoms with van der Waals surface area (Å²) in [5.74, 6) is 0.541. The first kappa shape index (κ1) is 15.8. The van der Waals surface area contributed by atoms with Crippen molar-refractivity contribution in [3.05, 3.63) is 44.8 Å². The van der Waals surface area contributed by atoms with Gasteiger partial charge in [0.05, 0.1) is 13.2 Å². The van der Waals surface area contributed by atoms with Gasteiger partial charge in [0.1, 0.15) is 5.60 Å². The first-order valence-corrected chi connectivity index (χ1v) is 10.0. The number of ether oxygens (including phenoxy) is 1. The van der Waals surface area contributed by atoms with Crippen LogP contribution in [0.3, 0.4) is 0 Å². The van der Waals surface area contributed by atoms with E-state index in [0.717, 1.165) is 42.2 Å². The minimum Gasteiger partial charge on any atom is -0.379 e. The monoisotopic (exact) mass is 349 g/mol. The zero-order valence-corrected chi connectivity index (χ0v) is 15.0. The van der Waals surface area contributed by atoms with Gasteiger partial charge in [0.15, 0.2) is 0 Å². The topological polar surface area (TPSA) is 32.7 Å². The van der Waals surface area contributed by atoms with Crippen molar-refractivity contribution in [2.24, 2.45) is 5.92 Å². The summed E-state index contributed by atoms with van der Waals surface area (Å²) in [6.07, 6.45) is 3.05. The Morgan fingerprint density at radius 2 is 1.70 bits per heavy atom. The Morgan fingerprint density at radius 3 is 2.17 bits per heavy atom. The molecule has 0 amide bonds. The van der Waals surface area contributed by atoms with Crippen LogP contribution in [0.2, 0.25) is 0 Å². The quantitative estimate of drug-likeness (QED) is 0.916. The van der Waals surface area contributed by atoms with Crippen LogP contribution in [0, 0.1) is 5.92 Å². The molecule has 5 heteroatoms. The van der Waals surface area contributed by atoms with Gasteiger partial charge < -0.3 is 9.84 Å². The molecule has 0 radical (unpaired) electrons. The number of morpholine rings is 1. The molecule has 2 saturated heterocycles. The van der Waals surface area contributed by atoms with Gasteiger partial charge >= 0.3 is 0 Å². The van der Waals surface area contributed by atoms with E-state index < -0.39 is 5.60 Å². The standard InChI is InChI=1S/C18H23NO2S2/c1-19-14-8-13(9-15(19)12-21-11-14)10-18(20,16-4-2-6-22-16)17-5-3-7-23-17/h2-7,13-15,20H,8-12H2,1H3/t13?,14-,15+. The molecule has 0 saturated carbocycles. The number of piperidine rings is 1. The molecule has 2 aliphatic rings. The minimum atomic E-state index is -0.835.